The van der Waals surface area contributed by atoms with Gasteiger partial charge in [-0.1, -0.05) is 115 Å². The Bertz CT molecular complexity index is 516. The van der Waals surface area contributed by atoms with Gasteiger partial charge in [0.25, 0.3) is 0 Å². The zero-order chi connectivity index (χ0) is 18.8. The molecule has 0 radical (unpaired) electrons. The fourth-order valence-electron chi connectivity index (χ4n) is 1.60. The third-order valence-corrected chi connectivity index (χ3v) is 3.04. The van der Waals surface area contributed by atoms with Crippen molar-refractivity contribution in [3.8, 4) is 0 Å². The van der Waals surface area contributed by atoms with E-state index in [4.69, 9.17) is 5.11 Å². The van der Waals surface area contributed by atoms with Gasteiger partial charge >= 0.3 is 0 Å². The number of benzene rings is 3. The second kappa shape index (κ2) is 18.9. The van der Waals surface area contributed by atoms with Gasteiger partial charge in [0.2, 0.25) is 0 Å². The summed E-state index contributed by atoms with van der Waals surface area (Å²) in [5.41, 5.74) is 3.97. The molecule has 0 spiro atoms. The van der Waals surface area contributed by atoms with E-state index >= 15 is 0 Å². The second-order valence-corrected chi connectivity index (χ2v) is 5.69. The summed E-state index contributed by atoms with van der Waals surface area (Å²) in [4.78, 5) is 0. The van der Waals surface area contributed by atoms with Crippen LogP contribution in [-0.2, 0) is 0 Å². The lowest BCUT2D eigenvalue weighted by molar-refractivity contribution is 0.295. The summed E-state index contributed by atoms with van der Waals surface area (Å²) < 4.78 is 0. The van der Waals surface area contributed by atoms with E-state index in [9.17, 15) is 0 Å². The molecule has 0 aliphatic carbocycles. The SMILES string of the molecule is CCCO.Cc1ccccc1.Cc1ccccc1.Cc1ccccc1.O. The third-order valence-electron chi connectivity index (χ3n) is 3.04. The lowest BCUT2D eigenvalue weighted by Crippen LogP contribution is -1.69. The predicted molar refractivity (Wildman–Crippen MR) is 115 cm³/mol. The lowest BCUT2D eigenvalue weighted by Gasteiger charge is -1.82. The number of rotatable bonds is 1. The Labute approximate surface area is 159 Å². The number of hydrogen-bond donors (Lipinski definition) is 1. The largest absolute Gasteiger partial charge is 0.412 e. The first kappa shape index (κ1) is 25.8. The van der Waals surface area contributed by atoms with Gasteiger partial charge in [0.05, 0.1) is 0 Å². The summed E-state index contributed by atoms with van der Waals surface area (Å²) in [5, 5.41) is 7.88. The van der Waals surface area contributed by atoms with E-state index in [0.717, 1.165) is 6.42 Å². The number of aliphatic hydroxyl groups excluding tert-OH is 1. The Morgan fingerprint density at radius 3 is 0.808 bits per heavy atom. The van der Waals surface area contributed by atoms with Crippen molar-refractivity contribution >= 4 is 0 Å². The highest BCUT2D eigenvalue weighted by molar-refractivity contribution is 5.12. The van der Waals surface area contributed by atoms with Crippen molar-refractivity contribution in [2.45, 2.75) is 34.1 Å². The second-order valence-electron chi connectivity index (χ2n) is 5.69. The molecule has 3 aromatic carbocycles. The van der Waals surface area contributed by atoms with Crippen molar-refractivity contribution in [2.75, 3.05) is 6.61 Å². The van der Waals surface area contributed by atoms with Gasteiger partial charge in [-0.15, -0.1) is 0 Å². The Morgan fingerprint density at radius 1 is 0.538 bits per heavy atom. The van der Waals surface area contributed by atoms with Crippen molar-refractivity contribution in [3.05, 3.63) is 108 Å². The summed E-state index contributed by atoms with van der Waals surface area (Å²) >= 11 is 0. The van der Waals surface area contributed by atoms with E-state index in [1.165, 1.54) is 16.7 Å². The lowest BCUT2D eigenvalue weighted by atomic mass is 10.2. The molecule has 0 aromatic heterocycles. The minimum atomic E-state index is 0. The molecule has 0 saturated carbocycles. The van der Waals surface area contributed by atoms with Crippen molar-refractivity contribution < 1.29 is 10.6 Å². The number of hydrogen-bond acceptors (Lipinski definition) is 1. The van der Waals surface area contributed by atoms with Crippen molar-refractivity contribution in [1.82, 2.24) is 0 Å². The molecule has 0 fully saturated rings. The average molecular weight is 355 g/mol. The standard InChI is InChI=1S/3C7H8.C3H8O.H2O/c3*1-7-5-3-2-4-6-7;1-2-3-4;/h3*2-6H,1H3;4H,2-3H2,1H3;1H2. The van der Waals surface area contributed by atoms with Crippen LogP contribution in [0.25, 0.3) is 0 Å². The van der Waals surface area contributed by atoms with Crippen LogP contribution >= 0.6 is 0 Å². The molecular weight excluding hydrogens is 320 g/mol. The third kappa shape index (κ3) is 17.9. The van der Waals surface area contributed by atoms with Crippen LogP contribution in [0.3, 0.4) is 0 Å². The van der Waals surface area contributed by atoms with Crippen LogP contribution in [0, 0.1) is 20.8 Å². The zero-order valence-corrected chi connectivity index (χ0v) is 16.5. The zero-order valence-electron chi connectivity index (χ0n) is 16.5. The summed E-state index contributed by atoms with van der Waals surface area (Å²) in [5.74, 6) is 0. The van der Waals surface area contributed by atoms with Gasteiger partial charge in [0.15, 0.2) is 0 Å². The first-order valence-electron chi connectivity index (χ1n) is 8.76. The summed E-state index contributed by atoms with van der Waals surface area (Å²) in [6.07, 6.45) is 0.875. The van der Waals surface area contributed by atoms with Crippen molar-refractivity contribution in [3.63, 3.8) is 0 Å². The molecule has 0 saturated heterocycles. The van der Waals surface area contributed by atoms with Crippen LogP contribution in [0.2, 0.25) is 0 Å². The molecule has 0 atom stereocenters. The van der Waals surface area contributed by atoms with E-state index < -0.39 is 0 Å². The summed E-state index contributed by atoms with van der Waals surface area (Å²) in [6.45, 7) is 8.50. The fourth-order valence-corrected chi connectivity index (χ4v) is 1.60. The molecule has 0 bridgehead atoms. The Hall–Kier alpha value is -2.42. The van der Waals surface area contributed by atoms with Gasteiger partial charge < -0.3 is 10.6 Å². The van der Waals surface area contributed by atoms with E-state index in [-0.39, 0.29) is 5.48 Å². The molecule has 2 heteroatoms. The molecule has 3 aromatic rings. The Balaban J connectivity index is 0. The smallest absolute Gasteiger partial charge is 0.0428 e. The summed E-state index contributed by atoms with van der Waals surface area (Å²) in [7, 11) is 0. The fraction of sp³-hybridized carbons (Fsp3) is 0.250. The highest BCUT2D eigenvalue weighted by atomic mass is 16.2. The van der Waals surface area contributed by atoms with Crippen LogP contribution in [0.15, 0.2) is 91.0 Å². The van der Waals surface area contributed by atoms with Gasteiger partial charge in [-0.2, -0.15) is 0 Å². The first-order chi connectivity index (χ1) is 12.1. The molecular formula is C24H34O2. The maximum Gasteiger partial charge on any atom is 0.0428 e. The van der Waals surface area contributed by atoms with Crippen LogP contribution in [0.1, 0.15) is 30.0 Å². The normalized spacial score (nSPS) is 8.19. The summed E-state index contributed by atoms with van der Waals surface area (Å²) in [6, 6.07) is 30.8. The van der Waals surface area contributed by atoms with Gasteiger partial charge in [-0.25, -0.2) is 0 Å². The Kier molecular flexibility index (Phi) is 18.8. The van der Waals surface area contributed by atoms with Crippen LogP contribution < -0.4 is 0 Å². The maximum absolute atomic E-state index is 7.88. The number of aliphatic hydroxyl groups is 1. The van der Waals surface area contributed by atoms with E-state index in [2.05, 4.69) is 57.2 Å². The molecule has 0 aliphatic rings. The van der Waals surface area contributed by atoms with Gasteiger partial charge in [-0.05, 0) is 27.2 Å². The van der Waals surface area contributed by atoms with Crippen LogP contribution in [-0.4, -0.2) is 17.2 Å². The minimum Gasteiger partial charge on any atom is -0.412 e. The van der Waals surface area contributed by atoms with E-state index in [1.54, 1.807) is 0 Å². The van der Waals surface area contributed by atoms with E-state index in [1.807, 2.05) is 61.5 Å². The average Bonchev–Trinajstić information content (AvgIpc) is 2.65. The van der Waals surface area contributed by atoms with Crippen molar-refractivity contribution in [1.29, 1.82) is 0 Å². The molecule has 26 heavy (non-hydrogen) atoms. The van der Waals surface area contributed by atoms with Crippen LogP contribution in [0.5, 0.6) is 0 Å². The molecule has 0 aliphatic heterocycles. The highest BCUT2D eigenvalue weighted by Gasteiger charge is 1.73. The van der Waals surface area contributed by atoms with Crippen LogP contribution in [0.4, 0.5) is 0 Å². The van der Waals surface area contributed by atoms with E-state index in [0.29, 0.717) is 6.61 Å². The molecule has 3 rings (SSSR count). The van der Waals surface area contributed by atoms with Gasteiger partial charge in [0, 0.05) is 6.61 Å². The molecule has 2 nitrogen and oxygen atoms in total. The highest BCUT2D eigenvalue weighted by Crippen LogP contribution is 1.93. The quantitative estimate of drug-likeness (QED) is 0.612. The number of aryl methyl sites for hydroxylation is 3. The maximum atomic E-state index is 7.88. The topological polar surface area (TPSA) is 51.7 Å². The van der Waals surface area contributed by atoms with Gasteiger partial charge in [-0.3, -0.25) is 0 Å². The minimum absolute atomic E-state index is 0. The molecule has 0 heterocycles. The predicted octanol–water partition coefficient (Wildman–Crippen LogP) is 5.55. The molecule has 0 amide bonds. The molecule has 3 N–H and O–H groups in total. The Morgan fingerprint density at radius 2 is 0.731 bits per heavy atom. The van der Waals surface area contributed by atoms with Gasteiger partial charge in [0.1, 0.15) is 0 Å². The molecule has 142 valence electrons. The monoisotopic (exact) mass is 354 g/mol. The van der Waals surface area contributed by atoms with Crippen molar-refractivity contribution in [2.24, 2.45) is 0 Å². The molecule has 0 unspecified atom stereocenters. The first-order valence-corrected chi connectivity index (χ1v) is 8.76.